The quantitative estimate of drug-likeness (QED) is 0.321. The summed E-state index contributed by atoms with van der Waals surface area (Å²) < 4.78 is 23.4. The molecule has 0 radical (unpaired) electrons. The number of anilines is 2. The highest BCUT2D eigenvalue weighted by atomic mass is 32.1. The third kappa shape index (κ3) is 4.68. The summed E-state index contributed by atoms with van der Waals surface area (Å²) in [6, 6.07) is 11.9. The number of hydrogen-bond donors (Lipinski definition) is 1. The number of hydrazine groups is 1. The molecule has 0 unspecified atom stereocenters. The predicted octanol–water partition coefficient (Wildman–Crippen LogP) is 4.06. The molecule has 4 aromatic heterocycles. The smallest absolute Gasteiger partial charge is 0.272 e. The summed E-state index contributed by atoms with van der Waals surface area (Å²) in [5.74, 6) is 0.0321. The molecule has 1 aliphatic rings. The van der Waals surface area contributed by atoms with Gasteiger partial charge in [0.05, 0.1) is 23.8 Å². The van der Waals surface area contributed by atoms with Gasteiger partial charge >= 0.3 is 0 Å². The zero-order valence-electron chi connectivity index (χ0n) is 22.5. The van der Waals surface area contributed by atoms with Crippen LogP contribution in [0, 0.1) is 6.85 Å². The van der Waals surface area contributed by atoms with Crippen molar-refractivity contribution in [1.29, 1.82) is 0 Å². The predicted molar refractivity (Wildman–Crippen MR) is 141 cm³/mol. The third-order valence-corrected chi connectivity index (χ3v) is 6.72. The van der Waals surface area contributed by atoms with Crippen LogP contribution in [0.5, 0.6) is 0 Å². The molecule has 1 saturated carbocycles. The number of rotatable bonds is 7. The largest absolute Gasteiger partial charge is 0.383 e. The molecular formula is C26H23N9OS. The van der Waals surface area contributed by atoms with Crippen LogP contribution >= 0.6 is 11.3 Å². The van der Waals surface area contributed by atoms with Crippen LogP contribution in [-0.4, -0.2) is 47.1 Å². The molecule has 0 spiro atoms. The van der Waals surface area contributed by atoms with E-state index in [1.54, 1.807) is 53.4 Å². The molecule has 37 heavy (non-hydrogen) atoms. The molecule has 184 valence electrons. The minimum Gasteiger partial charge on any atom is -0.383 e. The number of nitrogen functional groups attached to an aromatic ring is 1. The lowest BCUT2D eigenvalue weighted by atomic mass is 10.1. The van der Waals surface area contributed by atoms with Crippen LogP contribution in [0.2, 0.25) is 0 Å². The van der Waals surface area contributed by atoms with Gasteiger partial charge in [-0.05, 0) is 67.7 Å². The SMILES string of the molecule is [2H]C([2H])([2H])c1cc2cc(C(=O)N(Cc3ccc(-c4nncs4)cn3)N(c3ncccn3)C3CC3)ccc2nc1N. The number of nitrogens with zero attached hydrogens (tertiary/aromatic N) is 8. The summed E-state index contributed by atoms with van der Waals surface area (Å²) in [5.41, 5.74) is 9.84. The van der Waals surface area contributed by atoms with Gasteiger partial charge in [0.1, 0.15) is 16.3 Å². The number of fused-ring (bicyclic) bond motifs is 1. The highest BCUT2D eigenvalue weighted by Gasteiger charge is 2.38. The van der Waals surface area contributed by atoms with Gasteiger partial charge in [-0.3, -0.25) is 9.78 Å². The number of benzene rings is 1. The fraction of sp³-hybridized carbons (Fsp3) is 0.192. The van der Waals surface area contributed by atoms with Crippen molar-refractivity contribution >= 4 is 39.9 Å². The number of aromatic nitrogens is 6. The Kier molecular flexibility index (Phi) is 5.05. The molecule has 1 amide bonds. The van der Waals surface area contributed by atoms with Crippen molar-refractivity contribution in [3.63, 3.8) is 0 Å². The molecule has 0 atom stereocenters. The summed E-state index contributed by atoms with van der Waals surface area (Å²) in [7, 11) is 0. The molecule has 2 N–H and O–H groups in total. The van der Waals surface area contributed by atoms with Gasteiger partial charge in [-0.25, -0.2) is 25.0 Å². The van der Waals surface area contributed by atoms with Crippen LogP contribution in [0.3, 0.4) is 0 Å². The van der Waals surface area contributed by atoms with E-state index in [1.165, 1.54) is 17.4 Å². The Morgan fingerprint density at radius 1 is 1.16 bits per heavy atom. The molecular weight excluding hydrogens is 486 g/mol. The average Bonchev–Trinajstić information content (AvgIpc) is 3.63. The highest BCUT2D eigenvalue weighted by molar-refractivity contribution is 7.12. The highest BCUT2D eigenvalue weighted by Crippen LogP contribution is 2.33. The fourth-order valence-electron chi connectivity index (χ4n) is 4.01. The second kappa shape index (κ2) is 9.51. The Bertz CT molecular complexity index is 1660. The Hall–Kier alpha value is -4.51. The van der Waals surface area contributed by atoms with E-state index in [2.05, 4.69) is 30.1 Å². The van der Waals surface area contributed by atoms with Crippen molar-refractivity contribution in [3.05, 3.63) is 83.4 Å². The second-order valence-electron chi connectivity index (χ2n) is 8.60. The molecule has 1 aromatic carbocycles. The maximum atomic E-state index is 14.2. The molecule has 10 nitrogen and oxygen atoms in total. The van der Waals surface area contributed by atoms with Crippen molar-refractivity contribution in [2.75, 3.05) is 10.7 Å². The number of pyridine rings is 2. The number of carbonyl (C=O) groups is 1. The van der Waals surface area contributed by atoms with Gasteiger partial charge in [0.2, 0.25) is 5.95 Å². The van der Waals surface area contributed by atoms with Gasteiger partial charge in [-0.1, -0.05) is 11.3 Å². The van der Waals surface area contributed by atoms with Crippen molar-refractivity contribution in [2.24, 2.45) is 0 Å². The van der Waals surface area contributed by atoms with E-state index in [0.717, 1.165) is 23.4 Å². The van der Waals surface area contributed by atoms with Crippen LogP contribution in [-0.2, 0) is 6.54 Å². The molecule has 4 heterocycles. The monoisotopic (exact) mass is 512 g/mol. The Balaban J connectivity index is 1.39. The third-order valence-electron chi connectivity index (χ3n) is 5.98. The molecule has 1 fully saturated rings. The van der Waals surface area contributed by atoms with E-state index in [4.69, 9.17) is 9.85 Å². The molecule has 0 bridgehead atoms. The van der Waals surface area contributed by atoms with Crippen LogP contribution in [0.4, 0.5) is 11.8 Å². The van der Waals surface area contributed by atoms with Crippen molar-refractivity contribution in [3.8, 4) is 10.6 Å². The first kappa shape index (κ1) is 19.7. The minimum atomic E-state index is -2.43. The first-order valence-electron chi connectivity index (χ1n) is 13.1. The van der Waals surface area contributed by atoms with Crippen LogP contribution in [0.25, 0.3) is 21.5 Å². The van der Waals surface area contributed by atoms with E-state index in [-0.39, 0.29) is 29.9 Å². The number of hydrogen-bond acceptors (Lipinski definition) is 10. The summed E-state index contributed by atoms with van der Waals surface area (Å²) >= 11 is 1.42. The summed E-state index contributed by atoms with van der Waals surface area (Å²) in [4.78, 5) is 31.9. The molecule has 0 aliphatic heterocycles. The lowest BCUT2D eigenvalue weighted by Crippen LogP contribution is -2.48. The fourth-order valence-corrected chi connectivity index (χ4v) is 4.56. The Labute approximate surface area is 221 Å². The normalized spacial score (nSPS) is 14.5. The van der Waals surface area contributed by atoms with E-state index in [0.29, 0.717) is 28.1 Å². The van der Waals surface area contributed by atoms with Crippen molar-refractivity contribution in [1.82, 2.24) is 35.1 Å². The van der Waals surface area contributed by atoms with Gasteiger partial charge in [0.15, 0.2) is 0 Å². The van der Waals surface area contributed by atoms with Crippen molar-refractivity contribution in [2.45, 2.75) is 32.3 Å². The summed E-state index contributed by atoms with van der Waals surface area (Å²) in [6.07, 6.45) is 6.75. The van der Waals surface area contributed by atoms with Gasteiger partial charge < -0.3 is 5.73 Å². The summed E-state index contributed by atoms with van der Waals surface area (Å²) in [6.45, 7) is -2.28. The molecule has 11 heteroatoms. The maximum Gasteiger partial charge on any atom is 0.272 e. The van der Waals surface area contributed by atoms with E-state index >= 15 is 0 Å². The zero-order chi connectivity index (χ0) is 27.9. The van der Waals surface area contributed by atoms with Gasteiger partial charge in [0, 0.05) is 39.2 Å². The number of nitrogens with two attached hydrogens (primary N) is 1. The van der Waals surface area contributed by atoms with Crippen LogP contribution in [0.1, 0.15) is 38.6 Å². The van der Waals surface area contributed by atoms with E-state index < -0.39 is 6.85 Å². The van der Waals surface area contributed by atoms with Crippen molar-refractivity contribution < 1.29 is 8.91 Å². The molecule has 0 saturated heterocycles. The van der Waals surface area contributed by atoms with Crippen LogP contribution in [0.15, 0.2) is 66.6 Å². The Morgan fingerprint density at radius 3 is 2.73 bits per heavy atom. The van der Waals surface area contributed by atoms with Gasteiger partial charge in [0.25, 0.3) is 5.91 Å². The maximum absolute atomic E-state index is 14.2. The Morgan fingerprint density at radius 2 is 2.03 bits per heavy atom. The van der Waals surface area contributed by atoms with Gasteiger partial charge in [-0.15, -0.1) is 10.2 Å². The number of aryl methyl sites for hydroxylation is 1. The average molecular weight is 513 g/mol. The zero-order valence-corrected chi connectivity index (χ0v) is 20.3. The lowest BCUT2D eigenvalue weighted by molar-refractivity contribution is 0.0710. The summed E-state index contributed by atoms with van der Waals surface area (Å²) in [5, 5.41) is 12.6. The number of amides is 1. The van der Waals surface area contributed by atoms with Crippen LogP contribution < -0.4 is 10.7 Å². The second-order valence-corrected chi connectivity index (χ2v) is 9.43. The molecule has 5 aromatic rings. The standard InChI is InChI=1S/C26H23N9OS/c1-16-11-19-12-17(4-8-22(19)32-23(16)27)25(36)34(35(21-6-7-21)26-28-9-2-10-29-26)14-20-5-3-18(13-30-20)24-33-31-15-37-24/h2-5,8-13,15,21H,6-7,14H2,1H3,(H2,27,32)/i1D3. The topological polar surface area (TPSA) is 127 Å². The number of carbonyl (C=O) groups excluding carboxylic acids is 1. The first-order valence-corrected chi connectivity index (χ1v) is 12.5. The molecule has 6 rings (SSSR count). The first-order chi connectivity index (χ1) is 19.3. The van der Waals surface area contributed by atoms with E-state index in [9.17, 15) is 4.79 Å². The molecule has 1 aliphatic carbocycles. The minimum absolute atomic E-state index is 0.0519. The van der Waals surface area contributed by atoms with Gasteiger partial charge in [-0.2, -0.15) is 0 Å². The van der Waals surface area contributed by atoms with E-state index in [1.807, 2.05) is 17.1 Å². The lowest BCUT2D eigenvalue weighted by Gasteiger charge is -2.35.